The zero-order chi connectivity index (χ0) is 15.6. The van der Waals surface area contributed by atoms with E-state index < -0.39 is 9.84 Å². The van der Waals surface area contributed by atoms with Crippen LogP contribution < -0.4 is 5.32 Å². The van der Waals surface area contributed by atoms with Gasteiger partial charge in [-0.1, -0.05) is 18.6 Å². The Morgan fingerprint density at radius 2 is 2.14 bits per heavy atom. The fraction of sp³-hybridized carbons (Fsp3) is 0.562. The van der Waals surface area contributed by atoms with Gasteiger partial charge in [-0.2, -0.15) is 0 Å². The van der Waals surface area contributed by atoms with Gasteiger partial charge in [-0.05, 0) is 37.9 Å². The quantitative estimate of drug-likeness (QED) is 0.823. The molecule has 3 rings (SSSR count). The molecular weight excluding hydrogens is 316 g/mol. The van der Waals surface area contributed by atoms with E-state index in [1.165, 1.54) is 11.0 Å². The molecule has 1 aromatic heterocycles. The first-order chi connectivity index (χ1) is 10.5. The molecule has 1 heterocycles. The molecule has 22 heavy (non-hydrogen) atoms. The number of fused-ring (bicyclic) bond motifs is 1. The van der Waals surface area contributed by atoms with Crippen LogP contribution in [0.2, 0.25) is 0 Å². The molecule has 4 nitrogen and oxygen atoms in total. The Balaban J connectivity index is 1.49. The van der Waals surface area contributed by atoms with Crippen LogP contribution in [0.25, 0.3) is 10.2 Å². The zero-order valence-corrected chi connectivity index (χ0v) is 14.4. The van der Waals surface area contributed by atoms with E-state index in [0.717, 1.165) is 49.2 Å². The molecule has 1 fully saturated rings. The van der Waals surface area contributed by atoms with Crippen molar-refractivity contribution in [2.75, 3.05) is 12.8 Å². The molecule has 1 aliphatic rings. The smallest absolute Gasteiger partial charge is 0.151 e. The molecule has 0 spiro atoms. The highest BCUT2D eigenvalue weighted by Crippen LogP contribution is 2.25. The summed E-state index contributed by atoms with van der Waals surface area (Å²) in [5.74, 6) is 0. The third kappa shape index (κ3) is 3.67. The normalized spacial score (nSPS) is 22.4. The minimum Gasteiger partial charge on any atom is -0.313 e. The summed E-state index contributed by atoms with van der Waals surface area (Å²) in [6.07, 6.45) is 6.08. The minimum atomic E-state index is -2.93. The lowest BCUT2D eigenvalue weighted by Gasteiger charge is -2.19. The summed E-state index contributed by atoms with van der Waals surface area (Å²) < 4.78 is 24.7. The van der Waals surface area contributed by atoms with Crippen LogP contribution in [0.5, 0.6) is 0 Å². The van der Waals surface area contributed by atoms with Gasteiger partial charge in [0.05, 0.1) is 20.5 Å². The number of aryl methyl sites for hydroxylation is 1. The van der Waals surface area contributed by atoms with Gasteiger partial charge in [-0.3, -0.25) is 0 Å². The zero-order valence-electron chi connectivity index (χ0n) is 12.8. The molecule has 1 aliphatic carbocycles. The lowest BCUT2D eigenvalue weighted by atomic mass is 10.2. The van der Waals surface area contributed by atoms with E-state index in [-0.39, 0.29) is 11.3 Å². The van der Waals surface area contributed by atoms with Crippen LogP contribution in [0, 0.1) is 0 Å². The Kier molecular flexibility index (Phi) is 4.80. The first-order valence-electron chi connectivity index (χ1n) is 7.81. The topological polar surface area (TPSA) is 59.1 Å². The maximum Gasteiger partial charge on any atom is 0.151 e. The molecule has 2 atom stereocenters. The number of benzene rings is 1. The second-order valence-electron chi connectivity index (χ2n) is 6.04. The van der Waals surface area contributed by atoms with E-state index in [4.69, 9.17) is 0 Å². The number of nitrogens with zero attached hydrogens (tertiary/aromatic N) is 1. The van der Waals surface area contributed by atoms with Gasteiger partial charge in [0, 0.05) is 18.7 Å². The van der Waals surface area contributed by atoms with Gasteiger partial charge >= 0.3 is 0 Å². The first kappa shape index (κ1) is 15.9. The van der Waals surface area contributed by atoms with Crippen molar-refractivity contribution in [3.8, 4) is 0 Å². The number of hydrogen-bond donors (Lipinski definition) is 1. The van der Waals surface area contributed by atoms with Gasteiger partial charge in [0.25, 0.3) is 0 Å². The van der Waals surface area contributed by atoms with Crippen molar-refractivity contribution in [2.24, 2.45) is 0 Å². The largest absolute Gasteiger partial charge is 0.313 e. The number of thiazole rings is 1. The molecule has 2 aromatic rings. The van der Waals surface area contributed by atoms with E-state index >= 15 is 0 Å². The van der Waals surface area contributed by atoms with Gasteiger partial charge in [-0.25, -0.2) is 13.4 Å². The summed E-state index contributed by atoms with van der Waals surface area (Å²) >= 11 is 1.75. The molecule has 6 heteroatoms. The number of rotatable bonds is 6. The number of aromatic nitrogens is 1. The summed E-state index contributed by atoms with van der Waals surface area (Å²) in [5, 5.41) is 4.40. The maximum atomic E-state index is 11.7. The second kappa shape index (κ2) is 6.64. The fourth-order valence-electron chi connectivity index (χ4n) is 3.23. The average molecular weight is 338 g/mol. The highest BCUT2D eigenvalue weighted by atomic mass is 32.2. The summed E-state index contributed by atoms with van der Waals surface area (Å²) in [6.45, 7) is 0.854. The summed E-state index contributed by atoms with van der Waals surface area (Å²) in [4.78, 5) is 4.63. The standard InChI is InChI=1S/C16H22N2O2S2/c1-22(19,20)15-9-4-7-13(15)17-11-5-10-16-18-12-6-2-3-8-14(12)21-16/h2-3,6,8,13,15,17H,4-5,7,9-11H2,1H3/t13-,15+/m1/s1. The monoisotopic (exact) mass is 338 g/mol. The maximum absolute atomic E-state index is 11.7. The number of nitrogens with one attached hydrogen (secondary N) is 1. The summed E-state index contributed by atoms with van der Waals surface area (Å²) in [6, 6.07) is 8.33. The average Bonchev–Trinajstić information content (AvgIpc) is 3.09. The predicted octanol–water partition coefficient (Wildman–Crippen LogP) is 2.78. The molecule has 0 unspecified atom stereocenters. The number of sulfone groups is 1. The van der Waals surface area contributed by atoms with E-state index in [9.17, 15) is 8.42 Å². The highest BCUT2D eigenvalue weighted by molar-refractivity contribution is 7.91. The summed E-state index contributed by atoms with van der Waals surface area (Å²) in [5.41, 5.74) is 1.07. The molecule has 120 valence electrons. The molecule has 0 radical (unpaired) electrons. The lowest BCUT2D eigenvalue weighted by Crippen LogP contribution is -2.40. The van der Waals surface area contributed by atoms with Crippen molar-refractivity contribution in [2.45, 2.75) is 43.4 Å². The molecule has 0 bridgehead atoms. The lowest BCUT2D eigenvalue weighted by molar-refractivity contribution is 0.501. The van der Waals surface area contributed by atoms with Gasteiger partial charge in [0.1, 0.15) is 0 Å². The number of hydrogen-bond acceptors (Lipinski definition) is 5. The molecule has 1 aromatic carbocycles. The van der Waals surface area contributed by atoms with Crippen LogP contribution in [0.3, 0.4) is 0 Å². The third-order valence-electron chi connectivity index (χ3n) is 4.31. The van der Waals surface area contributed by atoms with E-state index in [0.29, 0.717) is 0 Å². The Bertz CT molecular complexity index is 706. The Morgan fingerprint density at radius 3 is 2.91 bits per heavy atom. The van der Waals surface area contributed by atoms with E-state index in [1.807, 2.05) is 18.2 Å². The van der Waals surface area contributed by atoms with Gasteiger partial charge in [-0.15, -0.1) is 11.3 Å². The second-order valence-corrected chi connectivity index (χ2v) is 9.42. The van der Waals surface area contributed by atoms with Crippen LogP contribution in [-0.4, -0.2) is 37.5 Å². The molecule has 1 N–H and O–H groups in total. The molecule has 1 saturated carbocycles. The Hall–Kier alpha value is -0.980. The van der Waals surface area contributed by atoms with E-state index in [2.05, 4.69) is 16.4 Å². The Labute approximate surface area is 135 Å². The SMILES string of the molecule is CS(=O)(=O)[C@H]1CCC[C@H]1NCCCc1nc2ccccc2s1. The van der Waals surface area contributed by atoms with Gasteiger partial charge in [0.15, 0.2) is 9.84 Å². The van der Waals surface area contributed by atoms with Crippen LogP contribution in [0.1, 0.15) is 30.7 Å². The number of para-hydroxylation sites is 1. The van der Waals surface area contributed by atoms with Crippen molar-refractivity contribution < 1.29 is 8.42 Å². The highest BCUT2D eigenvalue weighted by Gasteiger charge is 2.34. The van der Waals surface area contributed by atoms with Crippen molar-refractivity contribution in [1.29, 1.82) is 0 Å². The Morgan fingerprint density at radius 1 is 1.32 bits per heavy atom. The van der Waals surface area contributed by atoms with Crippen LogP contribution in [0.15, 0.2) is 24.3 Å². The van der Waals surface area contributed by atoms with Crippen molar-refractivity contribution in [3.05, 3.63) is 29.3 Å². The van der Waals surface area contributed by atoms with Gasteiger partial charge in [0.2, 0.25) is 0 Å². The molecular formula is C16H22N2O2S2. The molecule has 0 amide bonds. The predicted molar refractivity (Wildman–Crippen MR) is 92.2 cm³/mol. The van der Waals surface area contributed by atoms with Gasteiger partial charge < -0.3 is 5.32 Å². The van der Waals surface area contributed by atoms with Crippen LogP contribution >= 0.6 is 11.3 Å². The van der Waals surface area contributed by atoms with Crippen LogP contribution in [0.4, 0.5) is 0 Å². The van der Waals surface area contributed by atoms with Crippen molar-refractivity contribution >= 4 is 31.4 Å². The minimum absolute atomic E-state index is 0.130. The van der Waals surface area contributed by atoms with Crippen molar-refractivity contribution in [3.63, 3.8) is 0 Å². The van der Waals surface area contributed by atoms with Crippen molar-refractivity contribution in [1.82, 2.24) is 10.3 Å². The van der Waals surface area contributed by atoms with Crippen LogP contribution in [-0.2, 0) is 16.3 Å². The van der Waals surface area contributed by atoms with E-state index in [1.54, 1.807) is 11.3 Å². The first-order valence-corrected chi connectivity index (χ1v) is 10.6. The third-order valence-corrected chi connectivity index (χ3v) is 7.07. The molecule has 0 saturated heterocycles. The summed E-state index contributed by atoms with van der Waals surface area (Å²) in [7, 11) is -2.93. The molecule has 0 aliphatic heterocycles. The fourth-order valence-corrected chi connectivity index (χ4v) is 5.66.